The molecule has 0 atom stereocenters. The van der Waals surface area contributed by atoms with Gasteiger partial charge in [0.05, 0.1) is 11.0 Å². The van der Waals surface area contributed by atoms with Gasteiger partial charge in [-0.25, -0.2) is 0 Å². The number of aryl methyl sites for hydroxylation is 2. The van der Waals surface area contributed by atoms with Gasteiger partial charge in [-0.2, -0.15) is 0 Å². The summed E-state index contributed by atoms with van der Waals surface area (Å²) in [6.07, 6.45) is 1.00. The molecule has 0 aliphatic rings. The Morgan fingerprint density at radius 3 is 2.14 bits per heavy atom. The van der Waals surface area contributed by atoms with Gasteiger partial charge in [0.1, 0.15) is 0 Å². The number of para-hydroxylation sites is 2. The topological polar surface area (TPSA) is 9.86 Å². The van der Waals surface area contributed by atoms with Crippen molar-refractivity contribution in [3.05, 3.63) is 127 Å². The number of nitrogens with zero attached hydrogens (tertiary/aromatic N) is 2. The van der Waals surface area contributed by atoms with Crippen molar-refractivity contribution < 1.29 is 0 Å². The number of thiophene rings is 1. The van der Waals surface area contributed by atoms with Gasteiger partial charge < -0.3 is 9.13 Å². The van der Waals surface area contributed by atoms with Gasteiger partial charge in [0.25, 0.3) is 0 Å². The molecule has 0 bridgehead atoms. The quantitative estimate of drug-likeness (QED) is 0.205. The number of hydrogen-bond acceptors (Lipinski definition) is 1. The molecule has 0 fully saturated rings. The standard InChI is InChI=1S/C39H28N2S/c1-3-24-21-26(23-32-30-12-6-9-18-37(30)42-39(24)32)41-34-16-8-5-13-31(34)38-27(14-10-17-35(38)41)25-19-20-29-28-11-4-7-15-33(28)40(2)36(29)22-25/h4-23H,3H2,1-2H3. The Morgan fingerprint density at radius 1 is 0.571 bits per heavy atom. The third-order valence-electron chi connectivity index (χ3n) is 9.10. The van der Waals surface area contributed by atoms with Crippen LogP contribution in [0, 0.1) is 0 Å². The average Bonchev–Trinajstić information content (AvgIpc) is 3.68. The summed E-state index contributed by atoms with van der Waals surface area (Å²) in [5.74, 6) is 0. The predicted molar refractivity (Wildman–Crippen MR) is 182 cm³/mol. The molecule has 200 valence electrons. The van der Waals surface area contributed by atoms with Gasteiger partial charge in [-0.05, 0) is 65.6 Å². The fourth-order valence-corrected chi connectivity index (χ4v) is 8.41. The zero-order valence-electron chi connectivity index (χ0n) is 23.6. The van der Waals surface area contributed by atoms with E-state index in [0.717, 1.165) is 6.42 Å². The number of rotatable bonds is 3. The van der Waals surface area contributed by atoms with Crippen molar-refractivity contribution in [1.29, 1.82) is 0 Å². The van der Waals surface area contributed by atoms with Crippen molar-refractivity contribution in [3.8, 4) is 16.8 Å². The van der Waals surface area contributed by atoms with E-state index < -0.39 is 0 Å². The summed E-state index contributed by atoms with van der Waals surface area (Å²) in [6, 6.07) is 45.0. The zero-order chi connectivity index (χ0) is 27.9. The Bertz CT molecular complexity index is 2520. The van der Waals surface area contributed by atoms with E-state index in [1.54, 1.807) is 0 Å². The SMILES string of the molecule is CCc1cc(-n2c3ccccc3c3c(-c4ccc5c6ccccc6n(C)c5c4)cccc32)cc2c1sc1ccccc12. The van der Waals surface area contributed by atoms with E-state index in [-0.39, 0.29) is 0 Å². The second-order valence-electron chi connectivity index (χ2n) is 11.3. The summed E-state index contributed by atoms with van der Waals surface area (Å²) < 4.78 is 7.57. The second kappa shape index (κ2) is 8.82. The highest BCUT2D eigenvalue weighted by Gasteiger charge is 2.19. The third kappa shape index (κ3) is 3.20. The van der Waals surface area contributed by atoms with Crippen molar-refractivity contribution in [2.24, 2.45) is 7.05 Å². The molecular formula is C39H28N2S. The molecule has 0 amide bonds. The maximum atomic E-state index is 2.48. The highest BCUT2D eigenvalue weighted by molar-refractivity contribution is 7.26. The van der Waals surface area contributed by atoms with Gasteiger partial charge >= 0.3 is 0 Å². The molecular weight excluding hydrogens is 529 g/mol. The van der Waals surface area contributed by atoms with E-state index >= 15 is 0 Å². The minimum atomic E-state index is 1.00. The van der Waals surface area contributed by atoms with Crippen LogP contribution in [0.1, 0.15) is 12.5 Å². The molecule has 0 saturated carbocycles. The van der Waals surface area contributed by atoms with E-state index in [9.17, 15) is 0 Å². The van der Waals surface area contributed by atoms with Gasteiger partial charge in [-0.15, -0.1) is 11.3 Å². The van der Waals surface area contributed by atoms with Crippen molar-refractivity contribution in [3.63, 3.8) is 0 Å². The predicted octanol–water partition coefficient (Wildman–Crippen LogP) is 11.0. The van der Waals surface area contributed by atoms with E-state index in [0.29, 0.717) is 0 Å². The lowest BCUT2D eigenvalue weighted by atomic mass is 9.98. The van der Waals surface area contributed by atoms with Gasteiger partial charge in [0, 0.05) is 65.5 Å². The molecule has 0 aliphatic heterocycles. The molecule has 0 unspecified atom stereocenters. The largest absolute Gasteiger partial charge is 0.344 e. The molecule has 6 aromatic carbocycles. The van der Waals surface area contributed by atoms with E-state index in [1.165, 1.54) is 86.2 Å². The van der Waals surface area contributed by atoms with Crippen molar-refractivity contribution in [1.82, 2.24) is 9.13 Å². The highest BCUT2D eigenvalue weighted by Crippen LogP contribution is 2.42. The van der Waals surface area contributed by atoms with Crippen molar-refractivity contribution >= 4 is 75.1 Å². The number of fused-ring (bicyclic) bond motifs is 9. The Kier molecular flexibility index (Phi) is 5.00. The zero-order valence-corrected chi connectivity index (χ0v) is 24.4. The normalized spacial score (nSPS) is 12.1. The van der Waals surface area contributed by atoms with Crippen LogP contribution >= 0.6 is 11.3 Å². The molecule has 3 aromatic heterocycles. The monoisotopic (exact) mass is 556 g/mol. The molecule has 9 aromatic rings. The Hall–Kier alpha value is -4.86. The van der Waals surface area contributed by atoms with Crippen LogP contribution in [0.4, 0.5) is 0 Å². The van der Waals surface area contributed by atoms with Crippen LogP contribution in [0.3, 0.4) is 0 Å². The first kappa shape index (κ1) is 23.8. The van der Waals surface area contributed by atoms with Gasteiger partial charge in [-0.1, -0.05) is 85.8 Å². The Balaban J connectivity index is 1.35. The number of benzene rings is 6. The first-order valence-electron chi connectivity index (χ1n) is 14.7. The minimum Gasteiger partial charge on any atom is -0.344 e. The van der Waals surface area contributed by atoms with E-state index in [4.69, 9.17) is 0 Å². The molecule has 9 rings (SSSR count). The molecule has 0 radical (unpaired) electrons. The first-order valence-corrected chi connectivity index (χ1v) is 15.5. The van der Waals surface area contributed by atoms with Crippen LogP contribution in [0.25, 0.3) is 80.6 Å². The fraction of sp³-hybridized carbons (Fsp3) is 0.0769. The molecule has 0 aliphatic carbocycles. The van der Waals surface area contributed by atoms with Crippen LogP contribution in [0.15, 0.2) is 121 Å². The molecule has 0 saturated heterocycles. The van der Waals surface area contributed by atoms with Crippen LogP contribution < -0.4 is 0 Å². The van der Waals surface area contributed by atoms with Crippen LogP contribution in [0.2, 0.25) is 0 Å². The maximum Gasteiger partial charge on any atom is 0.0547 e. The average molecular weight is 557 g/mol. The lowest BCUT2D eigenvalue weighted by Crippen LogP contribution is -1.96. The van der Waals surface area contributed by atoms with E-state index in [1.807, 2.05) is 11.3 Å². The third-order valence-corrected chi connectivity index (χ3v) is 10.4. The Labute approximate surface area is 247 Å². The highest BCUT2D eigenvalue weighted by atomic mass is 32.1. The van der Waals surface area contributed by atoms with Crippen molar-refractivity contribution in [2.45, 2.75) is 13.3 Å². The lowest BCUT2D eigenvalue weighted by Gasteiger charge is -2.12. The van der Waals surface area contributed by atoms with Gasteiger partial charge in [0.15, 0.2) is 0 Å². The lowest BCUT2D eigenvalue weighted by molar-refractivity contribution is 1.01. The number of hydrogen-bond donors (Lipinski definition) is 0. The smallest absolute Gasteiger partial charge is 0.0547 e. The molecule has 3 heterocycles. The first-order chi connectivity index (χ1) is 20.7. The summed E-state index contributed by atoms with van der Waals surface area (Å²) in [4.78, 5) is 0. The second-order valence-corrected chi connectivity index (χ2v) is 12.3. The van der Waals surface area contributed by atoms with Crippen LogP contribution in [-0.2, 0) is 13.5 Å². The minimum absolute atomic E-state index is 1.00. The maximum absolute atomic E-state index is 2.48. The fourth-order valence-electron chi connectivity index (χ4n) is 7.14. The summed E-state index contributed by atoms with van der Waals surface area (Å²) >= 11 is 1.92. The molecule has 42 heavy (non-hydrogen) atoms. The van der Waals surface area contributed by atoms with Crippen LogP contribution in [0.5, 0.6) is 0 Å². The summed E-state index contributed by atoms with van der Waals surface area (Å²) in [5.41, 5.74) is 10.2. The molecule has 2 nitrogen and oxygen atoms in total. The summed E-state index contributed by atoms with van der Waals surface area (Å²) in [5, 5.41) is 7.90. The number of aromatic nitrogens is 2. The summed E-state index contributed by atoms with van der Waals surface area (Å²) in [6.45, 7) is 2.27. The Morgan fingerprint density at radius 2 is 1.29 bits per heavy atom. The summed E-state index contributed by atoms with van der Waals surface area (Å²) in [7, 11) is 2.18. The van der Waals surface area contributed by atoms with Gasteiger partial charge in [0.2, 0.25) is 0 Å². The van der Waals surface area contributed by atoms with Gasteiger partial charge in [-0.3, -0.25) is 0 Å². The van der Waals surface area contributed by atoms with E-state index in [2.05, 4.69) is 144 Å². The van der Waals surface area contributed by atoms with Crippen molar-refractivity contribution in [2.75, 3.05) is 0 Å². The molecule has 0 spiro atoms. The molecule has 3 heteroatoms. The van der Waals surface area contributed by atoms with Crippen LogP contribution in [-0.4, -0.2) is 9.13 Å². The molecule has 0 N–H and O–H groups in total.